The molecule has 0 radical (unpaired) electrons. The minimum Gasteiger partial charge on any atom is -0.356 e. The van der Waals surface area contributed by atoms with Crippen molar-refractivity contribution in [3.05, 3.63) is 0 Å². The molecule has 14 heavy (non-hydrogen) atoms. The smallest absolute Gasteiger partial charge is 0.220 e. The quantitative estimate of drug-likeness (QED) is 0.680. The van der Waals surface area contributed by atoms with Gasteiger partial charge in [0.25, 0.3) is 0 Å². The van der Waals surface area contributed by atoms with Crippen LogP contribution in [0.5, 0.6) is 0 Å². The summed E-state index contributed by atoms with van der Waals surface area (Å²) in [7, 11) is 1.93. The molecule has 0 bridgehead atoms. The second-order valence-electron chi connectivity index (χ2n) is 5.07. The Morgan fingerprint density at radius 2 is 1.86 bits per heavy atom. The number of rotatable bonds is 6. The van der Waals surface area contributed by atoms with Crippen molar-refractivity contribution in [2.75, 3.05) is 20.1 Å². The Morgan fingerprint density at radius 3 is 2.29 bits per heavy atom. The average molecular weight is 200 g/mol. The summed E-state index contributed by atoms with van der Waals surface area (Å²) in [5.41, 5.74) is 0.126. The van der Waals surface area contributed by atoms with E-state index < -0.39 is 0 Å². The molecule has 0 aromatic heterocycles. The SMILES string of the molecule is CNCC(C)(C)CNC(=O)CC(C)C. The van der Waals surface area contributed by atoms with Crippen molar-refractivity contribution in [3.63, 3.8) is 0 Å². The van der Waals surface area contributed by atoms with Gasteiger partial charge in [0, 0.05) is 19.5 Å². The predicted octanol–water partition coefficient (Wildman–Crippen LogP) is 1.39. The van der Waals surface area contributed by atoms with Crippen molar-refractivity contribution < 1.29 is 4.79 Å². The lowest BCUT2D eigenvalue weighted by atomic mass is 9.93. The number of nitrogens with one attached hydrogen (secondary N) is 2. The highest BCUT2D eigenvalue weighted by Gasteiger charge is 2.17. The number of carbonyl (C=O) groups is 1. The topological polar surface area (TPSA) is 41.1 Å². The van der Waals surface area contributed by atoms with E-state index in [0.717, 1.165) is 13.1 Å². The molecule has 3 heteroatoms. The van der Waals surface area contributed by atoms with Gasteiger partial charge >= 0.3 is 0 Å². The van der Waals surface area contributed by atoms with Crippen LogP contribution in [0, 0.1) is 11.3 Å². The highest BCUT2D eigenvalue weighted by Crippen LogP contribution is 2.11. The fourth-order valence-electron chi connectivity index (χ4n) is 1.32. The largest absolute Gasteiger partial charge is 0.356 e. The summed E-state index contributed by atoms with van der Waals surface area (Å²) in [5, 5.41) is 6.08. The summed E-state index contributed by atoms with van der Waals surface area (Å²) < 4.78 is 0. The number of hydrogen-bond donors (Lipinski definition) is 2. The van der Waals surface area contributed by atoms with Crippen LogP contribution in [0.1, 0.15) is 34.1 Å². The third-order valence-corrected chi connectivity index (χ3v) is 2.01. The van der Waals surface area contributed by atoms with Crippen LogP contribution in [-0.4, -0.2) is 26.0 Å². The lowest BCUT2D eigenvalue weighted by Gasteiger charge is -2.24. The van der Waals surface area contributed by atoms with Gasteiger partial charge in [0.15, 0.2) is 0 Å². The second-order valence-corrected chi connectivity index (χ2v) is 5.07. The fraction of sp³-hybridized carbons (Fsp3) is 0.909. The van der Waals surface area contributed by atoms with Crippen molar-refractivity contribution >= 4 is 5.91 Å². The highest BCUT2D eigenvalue weighted by molar-refractivity contribution is 5.76. The molecule has 0 spiro atoms. The molecular formula is C11H24N2O. The van der Waals surface area contributed by atoms with Crippen molar-refractivity contribution in [1.82, 2.24) is 10.6 Å². The molecule has 84 valence electrons. The van der Waals surface area contributed by atoms with E-state index in [0.29, 0.717) is 12.3 Å². The Kier molecular flexibility index (Phi) is 5.77. The van der Waals surface area contributed by atoms with Crippen molar-refractivity contribution in [3.8, 4) is 0 Å². The molecule has 2 N–H and O–H groups in total. The third kappa shape index (κ3) is 6.89. The predicted molar refractivity (Wildman–Crippen MR) is 60.2 cm³/mol. The fourth-order valence-corrected chi connectivity index (χ4v) is 1.32. The summed E-state index contributed by atoms with van der Waals surface area (Å²) in [6, 6.07) is 0. The molecule has 0 unspecified atom stereocenters. The van der Waals surface area contributed by atoms with Gasteiger partial charge in [-0.3, -0.25) is 4.79 Å². The first kappa shape index (κ1) is 13.4. The molecule has 3 nitrogen and oxygen atoms in total. The summed E-state index contributed by atoms with van der Waals surface area (Å²) in [6.07, 6.45) is 0.621. The molecule has 1 amide bonds. The molecule has 0 heterocycles. The van der Waals surface area contributed by atoms with Crippen LogP contribution in [0.2, 0.25) is 0 Å². The number of amides is 1. The zero-order valence-corrected chi connectivity index (χ0v) is 10.1. The van der Waals surface area contributed by atoms with Gasteiger partial charge in [-0.05, 0) is 18.4 Å². The molecule has 0 aromatic carbocycles. The highest BCUT2D eigenvalue weighted by atomic mass is 16.1. The maximum absolute atomic E-state index is 11.4. The van der Waals surface area contributed by atoms with Crippen LogP contribution in [0.4, 0.5) is 0 Å². The van der Waals surface area contributed by atoms with Gasteiger partial charge in [-0.15, -0.1) is 0 Å². The Balaban J connectivity index is 3.75. The molecular weight excluding hydrogens is 176 g/mol. The van der Waals surface area contributed by atoms with Gasteiger partial charge in [-0.1, -0.05) is 27.7 Å². The van der Waals surface area contributed by atoms with E-state index in [-0.39, 0.29) is 11.3 Å². The van der Waals surface area contributed by atoms with Crippen molar-refractivity contribution in [2.24, 2.45) is 11.3 Å². The van der Waals surface area contributed by atoms with E-state index in [4.69, 9.17) is 0 Å². The molecule has 0 fully saturated rings. The van der Waals surface area contributed by atoms with Gasteiger partial charge in [0.2, 0.25) is 5.91 Å². The molecule has 0 atom stereocenters. The Hall–Kier alpha value is -0.570. The van der Waals surface area contributed by atoms with Crippen LogP contribution in [0.3, 0.4) is 0 Å². The van der Waals surface area contributed by atoms with Crippen LogP contribution < -0.4 is 10.6 Å². The first-order valence-electron chi connectivity index (χ1n) is 5.28. The first-order chi connectivity index (χ1) is 6.37. The summed E-state index contributed by atoms with van der Waals surface area (Å²) in [4.78, 5) is 11.4. The third-order valence-electron chi connectivity index (χ3n) is 2.01. The molecule has 0 aliphatic carbocycles. The van der Waals surface area contributed by atoms with Gasteiger partial charge in [0.1, 0.15) is 0 Å². The monoisotopic (exact) mass is 200 g/mol. The van der Waals surface area contributed by atoms with Gasteiger partial charge in [-0.2, -0.15) is 0 Å². The van der Waals surface area contributed by atoms with E-state index >= 15 is 0 Å². The second kappa shape index (κ2) is 6.02. The first-order valence-corrected chi connectivity index (χ1v) is 5.28. The number of hydrogen-bond acceptors (Lipinski definition) is 2. The minimum absolute atomic E-state index is 0.126. The summed E-state index contributed by atoms with van der Waals surface area (Å²) >= 11 is 0. The lowest BCUT2D eigenvalue weighted by molar-refractivity contribution is -0.122. The van der Waals surface area contributed by atoms with E-state index in [1.165, 1.54) is 0 Å². The molecule has 0 saturated heterocycles. The maximum atomic E-state index is 11.4. The van der Waals surface area contributed by atoms with Crippen molar-refractivity contribution in [1.29, 1.82) is 0 Å². The Morgan fingerprint density at radius 1 is 1.29 bits per heavy atom. The Bertz CT molecular complexity index is 176. The van der Waals surface area contributed by atoms with Crippen molar-refractivity contribution in [2.45, 2.75) is 34.1 Å². The van der Waals surface area contributed by atoms with Crippen LogP contribution >= 0.6 is 0 Å². The molecule has 0 rings (SSSR count). The lowest BCUT2D eigenvalue weighted by Crippen LogP contribution is -2.39. The molecule has 0 aromatic rings. The van der Waals surface area contributed by atoms with Crippen LogP contribution in [-0.2, 0) is 4.79 Å². The normalized spacial score (nSPS) is 11.9. The molecule has 0 aliphatic heterocycles. The number of carbonyl (C=O) groups excluding carboxylic acids is 1. The van der Waals surface area contributed by atoms with E-state index in [9.17, 15) is 4.79 Å². The standard InChI is InChI=1S/C11H24N2O/c1-9(2)6-10(14)13-8-11(3,4)7-12-5/h9,12H,6-8H2,1-5H3,(H,13,14). The van der Waals surface area contributed by atoms with Gasteiger partial charge in [0.05, 0.1) is 0 Å². The Labute approximate surface area is 87.6 Å². The zero-order chi connectivity index (χ0) is 11.2. The van der Waals surface area contributed by atoms with Gasteiger partial charge < -0.3 is 10.6 Å². The van der Waals surface area contributed by atoms with Crippen LogP contribution in [0.15, 0.2) is 0 Å². The molecule has 0 aliphatic rings. The van der Waals surface area contributed by atoms with E-state index in [1.807, 2.05) is 7.05 Å². The molecule has 0 saturated carbocycles. The zero-order valence-electron chi connectivity index (χ0n) is 10.1. The van der Waals surface area contributed by atoms with Crippen LogP contribution in [0.25, 0.3) is 0 Å². The van der Waals surface area contributed by atoms with Gasteiger partial charge in [-0.25, -0.2) is 0 Å². The van der Waals surface area contributed by atoms with E-state index in [1.54, 1.807) is 0 Å². The minimum atomic E-state index is 0.126. The summed E-state index contributed by atoms with van der Waals surface area (Å²) in [6.45, 7) is 10.0. The van der Waals surface area contributed by atoms with E-state index in [2.05, 4.69) is 38.3 Å². The summed E-state index contributed by atoms with van der Waals surface area (Å²) in [5.74, 6) is 0.589. The maximum Gasteiger partial charge on any atom is 0.220 e. The average Bonchev–Trinajstić information content (AvgIpc) is 2.00.